The van der Waals surface area contributed by atoms with Crippen LogP contribution in [0.1, 0.15) is 27.3 Å². The summed E-state index contributed by atoms with van der Waals surface area (Å²) in [6, 6.07) is 13.5. The quantitative estimate of drug-likeness (QED) is 0.596. The molecule has 0 spiro atoms. The maximum Gasteiger partial charge on any atom is 0.290 e. The molecular weight excluding hydrogens is 276 g/mol. The number of hydrogen-bond donors (Lipinski definition) is 1. The van der Waals surface area contributed by atoms with Gasteiger partial charge in [0.2, 0.25) is 0 Å². The lowest BCUT2D eigenvalue weighted by molar-refractivity contribution is 0.0948. The lowest BCUT2D eigenvalue weighted by Crippen LogP contribution is -2.20. The Morgan fingerprint density at radius 1 is 1.18 bits per heavy atom. The summed E-state index contributed by atoms with van der Waals surface area (Å²) in [6.45, 7) is 3.79. The zero-order valence-corrected chi connectivity index (χ0v) is 12.4. The van der Waals surface area contributed by atoms with E-state index in [1.165, 1.54) is 0 Å². The van der Waals surface area contributed by atoms with Crippen molar-refractivity contribution < 1.29 is 4.79 Å². The minimum absolute atomic E-state index is 0.275. The van der Waals surface area contributed by atoms with Crippen molar-refractivity contribution in [3.05, 3.63) is 71.2 Å². The van der Waals surface area contributed by atoms with Crippen molar-refractivity contribution in [2.45, 2.75) is 13.8 Å². The first-order valence-electron chi connectivity index (χ1n) is 6.99. The molecule has 5 nitrogen and oxygen atoms in total. The third kappa shape index (κ3) is 2.74. The highest BCUT2D eigenvalue weighted by Crippen LogP contribution is 2.13. The van der Waals surface area contributed by atoms with Crippen molar-refractivity contribution in [2.75, 3.05) is 0 Å². The Hall–Kier alpha value is -2.95. The van der Waals surface area contributed by atoms with Crippen molar-refractivity contribution in [1.29, 1.82) is 0 Å². The van der Waals surface area contributed by atoms with E-state index in [1.807, 2.05) is 62.5 Å². The number of nitrogens with zero attached hydrogens (tertiary/aromatic N) is 3. The first-order chi connectivity index (χ1) is 10.6. The number of aryl methyl sites for hydroxylation is 2. The number of amides is 1. The van der Waals surface area contributed by atoms with E-state index in [1.54, 1.807) is 10.6 Å². The Morgan fingerprint density at radius 2 is 1.95 bits per heavy atom. The number of hydrogen-bond acceptors (Lipinski definition) is 3. The number of nitrogens with one attached hydrogen (secondary N) is 1. The van der Waals surface area contributed by atoms with Crippen LogP contribution in [0.15, 0.2) is 53.8 Å². The number of imidazole rings is 1. The van der Waals surface area contributed by atoms with Gasteiger partial charge >= 0.3 is 0 Å². The molecule has 0 aliphatic carbocycles. The highest BCUT2D eigenvalue weighted by Gasteiger charge is 2.15. The average Bonchev–Trinajstić information content (AvgIpc) is 2.83. The van der Waals surface area contributed by atoms with Gasteiger partial charge in [-0.15, -0.1) is 0 Å². The van der Waals surface area contributed by atoms with Gasteiger partial charge in [0.1, 0.15) is 11.3 Å². The van der Waals surface area contributed by atoms with Gasteiger partial charge in [-0.25, -0.2) is 10.4 Å². The van der Waals surface area contributed by atoms with E-state index in [0.717, 1.165) is 16.8 Å². The third-order valence-electron chi connectivity index (χ3n) is 3.34. The van der Waals surface area contributed by atoms with Gasteiger partial charge < -0.3 is 0 Å². The van der Waals surface area contributed by atoms with Crippen LogP contribution in [0.25, 0.3) is 5.65 Å². The molecule has 0 atom stereocenters. The summed E-state index contributed by atoms with van der Waals surface area (Å²) in [5.74, 6) is -0.275. The molecule has 0 bridgehead atoms. The fraction of sp³-hybridized carbons (Fsp3) is 0.118. The molecule has 0 unspecified atom stereocenters. The minimum atomic E-state index is -0.275. The van der Waals surface area contributed by atoms with Crippen LogP contribution in [0, 0.1) is 13.8 Å². The van der Waals surface area contributed by atoms with Crippen LogP contribution in [-0.2, 0) is 0 Å². The Bertz CT molecular complexity index is 850. The molecule has 110 valence electrons. The maximum atomic E-state index is 12.4. The molecule has 22 heavy (non-hydrogen) atoms. The average molecular weight is 292 g/mol. The van der Waals surface area contributed by atoms with Gasteiger partial charge in [0.05, 0.1) is 11.9 Å². The normalized spacial score (nSPS) is 11.2. The zero-order valence-electron chi connectivity index (χ0n) is 12.4. The van der Waals surface area contributed by atoms with Crippen molar-refractivity contribution in [1.82, 2.24) is 14.8 Å². The van der Waals surface area contributed by atoms with Crippen molar-refractivity contribution in [3.63, 3.8) is 0 Å². The molecule has 0 aliphatic rings. The molecule has 2 heterocycles. The Labute approximate surface area is 128 Å². The number of carbonyl (C=O) groups is 1. The predicted molar refractivity (Wildman–Crippen MR) is 86.2 cm³/mol. The van der Waals surface area contributed by atoms with Gasteiger partial charge in [0.15, 0.2) is 0 Å². The Morgan fingerprint density at radius 3 is 2.73 bits per heavy atom. The summed E-state index contributed by atoms with van der Waals surface area (Å²) in [6.07, 6.45) is 3.51. The topological polar surface area (TPSA) is 58.8 Å². The standard InChI is InChI=1S/C17H16N4O/c1-12-8-9-15-19-13(2)16(21(15)11-12)17(22)20-18-10-14-6-4-3-5-7-14/h3-11H,1-2H3,(H,20,22)/b18-10-. The largest absolute Gasteiger partial charge is 0.295 e. The van der Waals surface area contributed by atoms with Gasteiger partial charge in [-0.3, -0.25) is 9.20 Å². The molecule has 1 amide bonds. The third-order valence-corrected chi connectivity index (χ3v) is 3.34. The summed E-state index contributed by atoms with van der Waals surface area (Å²) < 4.78 is 1.79. The second-order valence-electron chi connectivity index (χ2n) is 5.09. The number of benzene rings is 1. The molecule has 0 saturated heterocycles. The van der Waals surface area contributed by atoms with Crippen LogP contribution in [0.5, 0.6) is 0 Å². The summed E-state index contributed by atoms with van der Waals surface area (Å²) in [5.41, 5.74) is 6.47. The molecule has 0 fully saturated rings. The van der Waals surface area contributed by atoms with Crippen LogP contribution in [-0.4, -0.2) is 21.5 Å². The lowest BCUT2D eigenvalue weighted by Gasteiger charge is -2.02. The molecule has 3 aromatic rings. The Balaban J connectivity index is 1.85. The molecule has 0 aliphatic heterocycles. The van der Waals surface area contributed by atoms with E-state index in [-0.39, 0.29) is 5.91 Å². The van der Waals surface area contributed by atoms with Crippen molar-refractivity contribution in [3.8, 4) is 0 Å². The monoisotopic (exact) mass is 292 g/mol. The van der Waals surface area contributed by atoms with Crippen molar-refractivity contribution >= 4 is 17.8 Å². The maximum absolute atomic E-state index is 12.4. The predicted octanol–water partition coefficient (Wildman–Crippen LogP) is 2.72. The highest BCUT2D eigenvalue weighted by molar-refractivity contribution is 5.95. The smallest absolute Gasteiger partial charge is 0.290 e. The van der Waals surface area contributed by atoms with Crippen molar-refractivity contribution in [2.24, 2.45) is 5.10 Å². The number of rotatable bonds is 3. The SMILES string of the molecule is Cc1ccc2nc(C)c(C(=O)N/N=C\c3ccccc3)n2c1. The Kier molecular flexibility index (Phi) is 3.70. The fourth-order valence-electron chi connectivity index (χ4n) is 2.30. The second kappa shape index (κ2) is 5.81. The highest BCUT2D eigenvalue weighted by atomic mass is 16.2. The molecule has 2 aromatic heterocycles. The van der Waals surface area contributed by atoms with Gasteiger partial charge in [-0.1, -0.05) is 36.4 Å². The van der Waals surface area contributed by atoms with Gasteiger partial charge in [0.25, 0.3) is 5.91 Å². The summed E-state index contributed by atoms with van der Waals surface area (Å²) in [5, 5.41) is 4.00. The summed E-state index contributed by atoms with van der Waals surface area (Å²) >= 11 is 0. The van der Waals surface area contributed by atoms with E-state index in [9.17, 15) is 4.79 Å². The number of fused-ring (bicyclic) bond motifs is 1. The minimum Gasteiger partial charge on any atom is -0.295 e. The first kappa shape index (κ1) is 14.0. The van der Waals surface area contributed by atoms with Crippen LogP contribution >= 0.6 is 0 Å². The second-order valence-corrected chi connectivity index (χ2v) is 5.09. The van der Waals surface area contributed by atoms with Gasteiger partial charge in [-0.2, -0.15) is 5.10 Å². The fourth-order valence-corrected chi connectivity index (χ4v) is 2.30. The molecule has 3 rings (SSSR count). The van der Waals surface area contributed by atoms with E-state index in [4.69, 9.17) is 0 Å². The molecule has 0 saturated carbocycles. The van der Waals surface area contributed by atoms with E-state index in [0.29, 0.717) is 11.4 Å². The molecule has 1 aromatic carbocycles. The van der Waals surface area contributed by atoms with E-state index < -0.39 is 0 Å². The first-order valence-corrected chi connectivity index (χ1v) is 6.99. The number of aromatic nitrogens is 2. The number of hydrazone groups is 1. The number of carbonyl (C=O) groups excluding carboxylic acids is 1. The summed E-state index contributed by atoms with van der Waals surface area (Å²) in [7, 11) is 0. The van der Waals surface area contributed by atoms with Gasteiger partial charge in [-0.05, 0) is 31.0 Å². The molecule has 5 heteroatoms. The van der Waals surface area contributed by atoms with E-state index >= 15 is 0 Å². The lowest BCUT2D eigenvalue weighted by atomic mass is 10.2. The summed E-state index contributed by atoms with van der Waals surface area (Å²) in [4.78, 5) is 16.7. The van der Waals surface area contributed by atoms with Gasteiger partial charge in [0, 0.05) is 6.20 Å². The zero-order chi connectivity index (χ0) is 15.5. The van der Waals surface area contributed by atoms with Crippen LogP contribution < -0.4 is 5.43 Å². The van der Waals surface area contributed by atoms with Crippen LogP contribution in [0.3, 0.4) is 0 Å². The molecular formula is C17H16N4O. The van der Waals surface area contributed by atoms with Crippen LogP contribution in [0.4, 0.5) is 0 Å². The number of pyridine rings is 1. The molecule has 1 N–H and O–H groups in total. The van der Waals surface area contributed by atoms with E-state index in [2.05, 4.69) is 15.5 Å². The molecule has 0 radical (unpaired) electrons. The van der Waals surface area contributed by atoms with Crippen LogP contribution in [0.2, 0.25) is 0 Å².